The van der Waals surface area contributed by atoms with Crippen molar-refractivity contribution in [3.63, 3.8) is 0 Å². The molecule has 1 atom stereocenters. The molecule has 1 aromatic rings. The molecule has 0 bridgehead atoms. The number of morpholine rings is 1. The van der Waals surface area contributed by atoms with Crippen molar-refractivity contribution in [2.75, 3.05) is 39.4 Å². The number of hydrogen-bond acceptors (Lipinski definition) is 4. The Kier molecular flexibility index (Phi) is 5.93. The van der Waals surface area contributed by atoms with Gasteiger partial charge in [-0.1, -0.05) is 6.07 Å². The summed E-state index contributed by atoms with van der Waals surface area (Å²) in [4.78, 5) is 15.1. The molecule has 1 aromatic carbocycles. The first-order valence-electron chi connectivity index (χ1n) is 9.67. The molecule has 2 aliphatic heterocycles. The van der Waals surface area contributed by atoms with E-state index in [1.165, 1.54) is 4.31 Å². The zero-order chi connectivity index (χ0) is 19.8. The van der Waals surface area contributed by atoms with Gasteiger partial charge in [-0.25, -0.2) is 8.42 Å². The van der Waals surface area contributed by atoms with Crippen molar-refractivity contribution in [3.05, 3.63) is 28.3 Å². The fourth-order valence-corrected chi connectivity index (χ4v) is 6.20. The van der Waals surface area contributed by atoms with Crippen LogP contribution in [0.2, 0.25) is 0 Å². The molecule has 2 heterocycles. The Labute approximate surface area is 162 Å². The zero-order valence-corrected chi connectivity index (χ0v) is 17.6. The smallest absolute Gasteiger partial charge is 0.243 e. The van der Waals surface area contributed by atoms with E-state index in [1.54, 1.807) is 0 Å². The molecule has 0 aliphatic carbocycles. The number of amides is 1. The minimum Gasteiger partial charge on any atom is -0.378 e. The maximum atomic E-state index is 13.5. The van der Waals surface area contributed by atoms with Crippen molar-refractivity contribution >= 4 is 15.9 Å². The number of piperidine rings is 1. The van der Waals surface area contributed by atoms with Gasteiger partial charge >= 0.3 is 0 Å². The third kappa shape index (κ3) is 3.91. The Morgan fingerprint density at radius 2 is 1.63 bits per heavy atom. The third-order valence-corrected chi connectivity index (χ3v) is 8.09. The quantitative estimate of drug-likeness (QED) is 0.788. The first-order chi connectivity index (χ1) is 12.7. The van der Waals surface area contributed by atoms with Crippen molar-refractivity contribution in [2.45, 2.75) is 45.4 Å². The van der Waals surface area contributed by atoms with Crippen LogP contribution in [0.5, 0.6) is 0 Å². The molecule has 0 aromatic heterocycles. The lowest BCUT2D eigenvalue weighted by atomic mass is 9.98. The second kappa shape index (κ2) is 7.89. The molecule has 0 radical (unpaired) electrons. The van der Waals surface area contributed by atoms with Crippen molar-refractivity contribution in [3.8, 4) is 0 Å². The first-order valence-corrected chi connectivity index (χ1v) is 11.1. The molecule has 2 saturated heterocycles. The summed E-state index contributed by atoms with van der Waals surface area (Å²) < 4.78 is 33.8. The van der Waals surface area contributed by atoms with Gasteiger partial charge in [-0.15, -0.1) is 0 Å². The third-order valence-electron chi connectivity index (χ3n) is 5.95. The molecule has 27 heavy (non-hydrogen) atoms. The highest BCUT2D eigenvalue weighted by atomic mass is 32.2. The van der Waals surface area contributed by atoms with E-state index in [9.17, 15) is 13.2 Å². The average molecular weight is 395 g/mol. The molecule has 2 fully saturated rings. The second-order valence-corrected chi connectivity index (χ2v) is 9.60. The Balaban J connectivity index is 1.86. The van der Waals surface area contributed by atoms with Gasteiger partial charge in [0.2, 0.25) is 15.9 Å². The maximum absolute atomic E-state index is 13.5. The number of carbonyl (C=O) groups is 1. The predicted molar refractivity (Wildman–Crippen MR) is 104 cm³/mol. The molecule has 6 nitrogen and oxygen atoms in total. The monoisotopic (exact) mass is 394 g/mol. The van der Waals surface area contributed by atoms with E-state index < -0.39 is 10.0 Å². The van der Waals surface area contributed by atoms with Gasteiger partial charge in [0.15, 0.2) is 0 Å². The number of hydrogen-bond donors (Lipinski definition) is 0. The topological polar surface area (TPSA) is 66.9 Å². The lowest BCUT2D eigenvalue weighted by Gasteiger charge is -2.36. The number of nitrogens with zero attached hydrogens (tertiary/aromatic N) is 2. The largest absolute Gasteiger partial charge is 0.378 e. The SMILES string of the molecule is Cc1cc(C)c(C)c(S(=O)(=O)N2CCCC(C(=O)N3CCOCC3)C2)c1C. The van der Waals surface area contributed by atoms with Gasteiger partial charge in [-0.05, 0) is 62.8 Å². The van der Waals surface area contributed by atoms with Gasteiger partial charge in [-0.2, -0.15) is 4.31 Å². The summed E-state index contributed by atoms with van der Waals surface area (Å²) in [6, 6.07) is 2.03. The number of ether oxygens (including phenoxy) is 1. The molecule has 150 valence electrons. The summed E-state index contributed by atoms with van der Waals surface area (Å²) in [5, 5.41) is 0. The lowest BCUT2D eigenvalue weighted by Crippen LogP contribution is -2.49. The standard InChI is InChI=1S/C20H30N2O4S/c1-14-12-15(2)17(4)19(16(14)3)27(24,25)22-7-5-6-18(13-22)20(23)21-8-10-26-11-9-21/h12,18H,5-11,13H2,1-4H3. The molecule has 0 saturated carbocycles. The van der Waals surface area contributed by atoms with E-state index in [1.807, 2.05) is 38.7 Å². The van der Waals surface area contributed by atoms with Gasteiger partial charge in [0.05, 0.1) is 24.0 Å². The minimum absolute atomic E-state index is 0.0621. The van der Waals surface area contributed by atoms with E-state index in [2.05, 4.69) is 0 Å². The Morgan fingerprint density at radius 1 is 1.04 bits per heavy atom. The molecule has 1 unspecified atom stereocenters. The Morgan fingerprint density at radius 3 is 2.22 bits per heavy atom. The van der Waals surface area contributed by atoms with Crippen LogP contribution in [0.1, 0.15) is 35.1 Å². The molecule has 2 aliphatic rings. The lowest BCUT2D eigenvalue weighted by molar-refractivity contribution is -0.140. The number of carbonyl (C=O) groups excluding carboxylic acids is 1. The number of rotatable bonds is 3. The number of benzene rings is 1. The van der Waals surface area contributed by atoms with Gasteiger partial charge in [0.25, 0.3) is 0 Å². The Hall–Kier alpha value is -1.44. The maximum Gasteiger partial charge on any atom is 0.243 e. The Bertz CT molecular complexity index is 803. The number of aryl methyl sites for hydroxylation is 2. The van der Waals surface area contributed by atoms with Crippen LogP contribution in [0.15, 0.2) is 11.0 Å². The van der Waals surface area contributed by atoms with Crippen molar-refractivity contribution in [1.82, 2.24) is 9.21 Å². The van der Waals surface area contributed by atoms with E-state index >= 15 is 0 Å². The summed E-state index contributed by atoms with van der Waals surface area (Å²) in [6.45, 7) is 10.7. The summed E-state index contributed by atoms with van der Waals surface area (Å²) in [6.07, 6.45) is 1.45. The highest BCUT2D eigenvalue weighted by Crippen LogP contribution is 2.31. The first kappa shape index (κ1) is 20.3. The summed E-state index contributed by atoms with van der Waals surface area (Å²) in [5.74, 6) is -0.204. The van der Waals surface area contributed by atoms with Gasteiger partial charge in [0, 0.05) is 26.2 Å². The van der Waals surface area contributed by atoms with Crippen molar-refractivity contribution in [2.24, 2.45) is 5.92 Å². The van der Waals surface area contributed by atoms with Crippen LogP contribution >= 0.6 is 0 Å². The van der Waals surface area contributed by atoms with Crippen LogP contribution in [0, 0.1) is 33.6 Å². The molecular weight excluding hydrogens is 364 g/mol. The molecule has 7 heteroatoms. The molecule has 3 rings (SSSR count). The predicted octanol–water partition coefficient (Wildman–Crippen LogP) is 2.18. The molecular formula is C20H30N2O4S. The summed E-state index contributed by atoms with van der Waals surface area (Å²) in [7, 11) is -3.63. The fraction of sp³-hybridized carbons (Fsp3) is 0.650. The van der Waals surface area contributed by atoms with Gasteiger partial charge < -0.3 is 9.64 Å². The van der Waals surface area contributed by atoms with Gasteiger partial charge in [-0.3, -0.25) is 4.79 Å². The second-order valence-electron chi connectivity index (χ2n) is 7.73. The molecule has 0 spiro atoms. The van der Waals surface area contributed by atoms with Crippen molar-refractivity contribution in [1.29, 1.82) is 0 Å². The molecule has 1 amide bonds. The van der Waals surface area contributed by atoms with E-state index in [0.717, 1.165) is 28.7 Å². The van der Waals surface area contributed by atoms with E-state index in [-0.39, 0.29) is 18.4 Å². The average Bonchev–Trinajstić information content (AvgIpc) is 2.66. The van der Waals surface area contributed by atoms with Gasteiger partial charge in [0.1, 0.15) is 0 Å². The molecule has 0 N–H and O–H groups in total. The summed E-state index contributed by atoms with van der Waals surface area (Å²) >= 11 is 0. The highest BCUT2D eigenvalue weighted by molar-refractivity contribution is 7.89. The fourth-order valence-electron chi connectivity index (χ4n) is 4.10. The zero-order valence-electron chi connectivity index (χ0n) is 16.7. The van der Waals surface area contributed by atoms with Crippen LogP contribution in [0.4, 0.5) is 0 Å². The highest BCUT2D eigenvalue weighted by Gasteiger charge is 2.37. The van der Waals surface area contributed by atoms with Crippen LogP contribution in [-0.2, 0) is 19.6 Å². The number of sulfonamides is 1. The van der Waals surface area contributed by atoms with Crippen LogP contribution < -0.4 is 0 Å². The van der Waals surface area contributed by atoms with E-state index in [4.69, 9.17) is 4.74 Å². The van der Waals surface area contributed by atoms with Crippen LogP contribution in [-0.4, -0.2) is 62.9 Å². The van der Waals surface area contributed by atoms with E-state index in [0.29, 0.717) is 44.2 Å². The van der Waals surface area contributed by atoms with Crippen LogP contribution in [0.3, 0.4) is 0 Å². The minimum atomic E-state index is -3.63. The van der Waals surface area contributed by atoms with Crippen molar-refractivity contribution < 1.29 is 17.9 Å². The summed E-state index contributed by atoms with van der Waals surface area (Å²) in [5.41, 5.74) is 3.57. The van der Waals surface area contributed by atoms with Crippen LogP contribution in [0.25, 0.3) is 0 Å². The normalized spacial score (nSPS) is 22.1.